The molecule has 0 heterocycles. The Bertz CT molecular complexity index is 78.5. The second-order valence-corrected chi connectivity index (χ2v) is 1.00. The maximum absolute atomic E-state index is 2.86. The molecule has 0 N–H and O–H groups in total. The maximum atomic E-state index is 2.86. The van der Waals surface area contributed by atoms with E-state index in [0.29, 0.717) is 0 Å². The molecule has 0 saturated heterocycles. The van der Waals surface area contributed by atoms with E-state index >= 15 is 0 Å². The molecule has 0 aromatic heterocycles. The quantitative estimate of drug-likeness (QED) is 0.239. The SMILES string of the molecule is [Na+].[Na+].[c-]1cc[c-]cc1. The minimum atomic E-state index is 0. The van der Waals surface area contributed by atoms with Crippen molar-refractivity contribution in [1.82, 2.24) is 0 Å². The van der Waals surface area contributed by atoms with Gasteiger partial charge in [-0.25, -0.2) is 0 Å². The van der Waals surface area contributed by atoms with Gasteiger partial charge in [-0.05, 0) is 0 Å². The molecule has 1 aromatic rings. The summed E-state index contributed by atoms with van der Waals surface area (Å²) in [6, 6.07) is 13.0. The molecule has 30 valence electrons. The van der Waals surface area contributed by atoms with E-state index in [1.54, 1.807) is 0 Å². The van der Waals surface area contributed by atoms with Crippen LogP contribution in [0.3, 0.4) is 0 Å². The minimum Gasteiger partial charge on any atom is -0.319 e. The van der Waals surface area contributed by atoms with Crippen molar-refractivity contribution in [2.45, 2.75) is 0 Å². The fourth-order valence-corrected chi connectivity index (χ4v) is 0.304. The Morgan fingerprint density at radius 1 is 0.625 bits per heavy atom. The molecule has 1 aromatic carbocycles. The first-order valence-corrected chi connectivity index (χ1v) is 1.82. The standard InChI is InChI=1S/C6H4.2Na/c1-2-4-6-5-3-1;;/h1-2,5-6H;;/q-2;2*+1. The molecule has 0 aliphatic rings. The summed E-state index contributed by atoms with van der Waals surface area (Å²) in [5.74, 6) is 0. The van der Waals surface area contributed by atoms with Gasteiger partial charge < -0.3 is 12.1 Å². The third-order valence-electron chi connectivity index (χ3n) is 0.552. The van der Waals surface area contributed by atoms with E-state index < -0.39 is 0 Å². The predicted molar refractivity (Wildman–Crippen MR) is 24.1 cm³/mol. The van der Waals surface area contributed by atoms with Crippen molar-refractivity contribution in [2.24, 2.45) is 0 Å². The summed E-state index contributed by atoms with van der Waals surface area (Å²) in [6.45, 7) is 0. The van der Waals surface area contributed by atoms with Crippen molar-refractivity contribution in [3.8, 4) is 0 Å². The molecule has 0 amide bonds. The first-order valence-electron chi connectivity index (χ1n) is 1.82. The fourth-order valence-electron chi connectivity index (χ4n) is 0.304. The smallest absolute Gasteiger partial charge is 0.319 e. The largest absolute Gasteiger partial charge is 1.00 e. The van der Waals surface area contributed by atoms with E-state index in [1.165, 1.54) is 0 Å². The molecule has 1 rings (SSSR count). The van der Waals surface area contributed by atoms with Gasteiger partial charge in [-0.15, -0.1) is 0 Å². The number of rotatable bonds is 0. The Morgan fingerprint density at radius 3 is 1.00 bits per heavy atom. The molecule has 0 aliphatic carbocycles. The van der Waals surface area contributed by atoms with E-state index in [0.717, 1.165) is 0 Å². The summed E-state index contributed by atoms with van der Waals surface area (Å²) in [4.78, 5) is 0. The summed E-state index contributed by atoms with van der Waals surface area (Å²) >= 11 is 0. The van der Waals surface area contributed by atoms with Crippen LogP contribution >= 0.6 is 0 Å². The Hall–Kier alpha value is 1.22. The number of hydrogen-bond acceptors (Lipinski definition) is 0. The molecular weight excluding hydrogens is 118 g/mol. The zero-order valence-electron chi connectivity index (χ0n) is 5.31. The normalized spacial score (nSPS) is 6.00. The summed E-state index contributed by atoms with van der Waals surface area (Å²) in [5, 5.41) is 0. The van der Waals surface area contributed by atoms with Gasteiger partial charge in [0.15, 0.2) is 0 Å². The van der Waals surface area contributed by atoms with Gasteiger partial charge in [-0.2, -0.15) is 0 Å². The van der Waals surface area contributed by atoms with Crippen molar-refractivity contribution in [2.75, 3.05) is 0 Å². The topological polar surface area (TPSA) is 0 Å². The first-order chi connectivity index (χ1) is 3.00. The summed E-state index contributed by atoms with van der Waals surface area (Å²) < 4.78 is 0. The second-order valence-electron chi connectivity index (χ2n) is 1.00. The average molecular weight is 122 g/mol. The van der Waals surface area contributed by atoms with Gasteiger partial charge in [0.05, 0.1) is 0 Å². The van der Waals surface area contributed by atoms with Crippen LogP contribution < -0.4 is 59.1 Å². The Kier molecular flexibility index (Phi) is 12.3. The van der Waals surface area contributed by atoms with Crippen LogP contribution in [0.5, 0.6) is 0 Å². The molecule has 0 radical (unpaired) electrons. The van der Waals surface area contributed by atoms with Crippen LogP contribution in [0.4, 0.5) is 0 Å². The van der Waals surface area contributed by atoms with E-state index in [4.69, 9.17) is 0 Å². The third kappa shape index (κ3) is 5.36. The van der Waals surface area contributed by atoms with Gasteiger partial charge in [-0.1, -0.05) is 0 Å². The molecule has 0 fully saturated rings. The van der Waals surface area contributed by atoms with E-state index in [1.807, 2.05) is 24.3 Å². The number of benzene rings is 1. The monoisotopic (exact) mass is 122 g/mol. The Morgan fingerprint density at radius 2 is 0.875 bits per heavy atom. The van der Waals surface area contributed by atoms with Crippen molar-refractivity contribution < 1.29 is 59.1 Å². The van der Waals surface area contributed by atoms with Crippen LogP contribution in [0.2, 0.25) is 0 Å². The molecular formula is C6H4Na2. The summed E-state index contributed by atoms with van der Waals surface area (Å²) in [5.41, 5.74) is 0. The van der Waals surface area contributed by atoms with Crippen LogP contribution in [0.25, 0.3) is 0 Å². The molecule has 0 spiro atoms. The molecule has 0 aliphatic heterocycles. The van der Waals surface area contributed by atoms with Gasteiger partial charge in [0.2, 0.25) is 0 Å². The predicted octanol–water partition coefficient (Wildman–Crippen LogP) is -4.71. The maximum Gasteiger partial charge on any atom is 1.00 e. The molecule has 2 heteroatoms. The van der Waals surface area contributed by atoms with Gasteiger partial charge in [-0.3, -0.25) is 24.3 Å². The summed E-state index contributed by atoms with van der Waals surface area (Å²) in [6.07, 6.45) is 0. The molecule has 8 heavy (non-hydrogen) atoms. The Balaban J connectivity index is 0. The molecule has 0 atom stereocenters. The van der Waals surface area contributed by atoms with Crippen molar-refractivity contribution in [3.05, 3.63) is 36.4 Å². The zero-order valence-corrected chi connectivity index (χ0v) is 9.31. The fraction of sp³-hybridized carbons (Fsp3) is 0. The molecule has 0 saturated carbocycles. The molecule has 0 unspecified atom stereocenters. The van der Waals surface area contributed by atoms with Crippen LogP contribution in [0.1, 0.15) is 0 Å². The zero-order chi connectivity index (χ0) is 4.24. The summed E-state index contributed by atoms with van der Waals surface area (Å²) in [7, 11) is 0. The van der Waals surface area contributed by atoms with Crippen molar-refractivity contribution >= 4 is 0 Å². The van der Waals surface area contributed by atoms with Crippen LogP contribution in [0.15, 0.2) is 24.3 Å². The van der Waals surface area contributed by atoms with Gasteiger partial charge in [0.1, 0.15) is 0 Å². The third-order valence-corrected chi connectivity index (χ3v) is 0.552. The van der Waals surface area contributed by atoms with Gasteiger partial charge in [0.25, 0.3) is 0 Å². The average Bonchev–Trinajstić information content (AvgIpc) is 1.72. The second kappa shape index (κ2) is 8.22. The Labute approximate surface area is 94.3 Å². The van der Waals surface area contributed by atoms with Crippen LogP contribution in [0, 0.1) is 12.1 Å². The van der Waals surface area contributed by atoms with Crippen molar-refractivity contribution in [3.63, 3.8) is 0 Å². The minimum absolute atomic E-state index is 0. The van der Waals surface area contributed by atoms with E-state index in [-0.39, 0.29) is 59.1 Å². The van der Waals surface area contributed by atoms with Gasteiger partial charge in [0, 0.05) is 0 Å². The van der Waals surface area contributed by atoms with E-state index in [2.05, 4.69) is 12.1 Å². The molecule has 0 bridgehead atoms. The van der Waals surface area contributed by atoms with Crippen LogP contribution in [-0.2, 0) is 0 Å². The van der Waals surface area contributed by atoms with E-state index in [9.17, 15) is 0 Å². The van der Waals surface area contributed by atoms with Gasteiger partial charge >= 0.3 is 59.1 Å². The number of hydrogen-bond donors (Lipinski definition) is 0. The van der Waals surface area contributed by atoms with Crippen LogP contribution in [-0.4, -0.2) is 0 Å². The first kappa shape index (κ1) is 12.0. The van der Waals surface area contributed by atoms with Crippen molar-refractivity contribution in [1.29, 1.82) is 0 Å². The molecule has 0 nitrogen and oxygen atoms in total.